The Morgan fingerprint density at radius 2 is 1.24 bits per heavy atom. The predicted molar refractivity (Wildman–Crippen MR) is 125 cm³/mol. The van der Waals surface area contributed by atoms with E-state index in [1.165, 1.54) is 0 Å². The highest BCUT2D eigenvalue weighted by Gasteiger charge is 2.49. The number of carboxylic acids is 1. The van der Waals surface area contributed by atoms with Gasteiger partial charge in [-0.05, 0) is 71.8 Å². The van der Waals surface area contributed by atoms with Crippen LogP contribution in [0.1, 0.15) is 26.2 Å². The molecule has 1 unspecified atom stereocenters. The molecule has 0 aliphatic heterocycles. The average Bonchev–Trinajstić information content (AvgIpc) is 2.43. The van der Waals surface area contributed by atoms with E-state index in [1.807, 2.05) is 0 Å². The van der Waals surface area contributed by atoms with Gasteiger partial charge < -0.3 is 22.2 Å². The van der Waals surface area contributed by atoms with Gasteiger partial charge in [-0.1, -0.05) is 6.92 Å². The van der Waals surface area contributed by atoms with Gasteiger partial charge >= 0.3 is 20.7 Å². The number of aliphatic carboxylic acids is 1. The van der Waals surface area contributed by atoms with Crippen molar-refractivity contribution >= 4 is 45.7 Å². The summed E-state index contributed by atoms with van der Waals surface area (Å²) in [6.07, 6.45) is 0.811. The second kappa shape index (κ2) is 11.3. The third-order valence-electron chi connectivity index (χ3n) is 3.50. The van der Waals surface area contributed by atoms with Crippen LogP contribution in [0.25, 0.3) is 0 Å². The van der Waals surface area contributed by atoms with E-state index in [9.17, 15) is 9.59 Å². The molecule has 0 aromatic carbocycles. The molecule has 0 aromatic rings. The van der Waals surface area contributed by atoms with E-state index in [4.69, 9.17) is 22.2 Å². The number of carboxylic acid groups (broad SMARTS) is 1. The van der Waals surface area contributed by atoms with Crippen LogP contribution in [0.15, 0.2) is 0 Å². The van der Waals surface area contributed by atoms with Gasteiger partial charge in [0.1, 0.15) is 0 Å². The standard InChI is InChI=1S/C18H42O7Si4/c1-11-16(15-17(19)20)18(21)22-13-12-14-29(23-26(2,3)4,24-27(5,6)7)25-28(8,9)10/h16H,11-15H2,1-10H3,(H,19,20). The predicted octanol–water partition coefficient (Wildman–Crippen LogP) is 4.91. The highest BCUT2D eigenvalue weighted by molar-refractivity contribution is 6.90. The highest BCUT2D eigenvalue weighted by atomic mass is 28.5. The fourth-order valence-corrected chi connectivity index (χ4v) is 17.4. The molecule has 0 aliphatic carbocycles. The number of esters is 1. The average molecular weight is 483 g/mol. The normalized spacial score (nSPS) is 14.6. The fourth-order valence-electron chi connectivity index (χ4n) is 2.80. The van der Waals surface area contributed by atoms with Crippen molar-refractivity contribution in [3.63, 3.8) is 0 Å². The van der Waals surface area contributed by atoms with Crippen LogP contribution >= 0.6 is 0 Å². The van der Waals surface area contributed by atoms with Crippen molar-refractivity contribution in [1.82, 2.24) is 0 Å². The van der Waals surface area contributed by atoms with Crippen molar-refractivity contribution < 1.29 is 31.8 Å². The van der Waals surface area contributed by atoms with E-state index < -0.39 is 51.6 Å². The van der Waals surface area contributed by atoms with Crippen LogP contribution in [-0.2, 0) is 26.7 Å². The van der Waals surface area contributed by atoms with E-state index in [1.54, 1.807) is 6.92 Å². The maximum absolute atomic E-state index is 12.2. The van der Waals surface area contributed by atoms with Gasteiger partial charge in [-0.25, -0.2) is 0 Å². The van der Waals surface area contributed by atoms with E-state index >= 15 is 0 Å². The lowest BCUT2D eigenvalue weighted by molar-refractivity contribution is -0.153. The van der Waals surface area contributed by atoms with Gasteiger partial charge in [-0.2, -0.15) is 0 Å². The quantitative estimate of drug-likeness (QED) is 0.213. The van der Waals surface area contributed by atoms with Gasteiger partial charge in [-0.15, -0.1) is 0 Å². The number of rotatable bonds is 14. The molecule has 0 heterocycles. The lowest BCUT2D eigenvalue weighted by atomic mass is 10.0. The summed E-state index contributed by atoms with van der Waals surface area (Å²) >= 11 is 0. The molecule has 0 radical (unpaired) electrons. The lowest BCUT2D eigenvalue weighted by Gasteiger charge is -2.42. The van der Waals surface area contributed by atoms with Crippen LogP contribution in [0.4, 0.5) is 0 Å². The molecule has 1 atom stereocenters. The van der Waals surface area contributed by atoms with Crippen molar-refractivity contribution in [3.8, 4) is 0 Å². The molecule has 11 heteroatoms. The summed E-state index contributed by atoms with van der Waals surface area (Å²) in [6.45, 7) is 21.2. The molecule has 7 nitrogen and oxygen atoms in total. The van der Waals surface area contributed by atoms with Crippen molar-refractivity contribution in [2.75, 3.05) is 6.61 Å². The Balaban J connectivity index is 5.24. The van der Waals surface area contributed by atoms with Crippen LogP contribution in [0.3, 0.4) is 0 Å². The highest BCUT2D eigenvalue weighted by Crippen LogP contribution is 2.30. The number of carbonyl (C=O) groups excluding carboxylic acids is 1. The summed E-state index contributed by atoms with van der Waals surface area (Å²) in [5.74, 6) is -2.05. The summed E-state index contributed by atoms with van der Waals surface area (Å²) in [4.78, 5) is 23.1. The first-order chi connectivity index (χ1) is 12.9. The molecule has 0 saturated heterocycles. The number of ether oxygens (including phenoxy) is 1. The largest absolute Gasteiger partial charge is 0.481 e. The molecule has 172 valence electrons. The van der Waals surface area contributed by atoms with Crippen LogP contribution in [-0.4, -0.2) is 57.4 Å². The first-order valence-electron chi connectivity index (χ1n) is 10.4. The first kappa shape index (κ1) is 28.7. The van der Waals surface area contributed by atoms with Gasteiger partial charge in [0.15, 0.2) is 25.0 Å². The van der Waals surface area contributed by atoms with Gasteiger partial charge in [0.25, 0.3) is 0 Å². The van der Waals surface area contributed by atoms with E-state index in [-0.39, 0.29) is 13.0 Å². The maximum atomic E-state index is 12.2. The first-order valence-corrected chi connectivity index (χ1v) is 22.5. The van der Waals surface area contributed by atoms with E-state index in [0.29, 0.717) is 18.9 Å². The van der Waals surface area contributed by atoms with Crippen molar-refractivity contribution in [2.24, 2.45) is 5.92 Å². The Morgan fingerprint density at radius 3 is 1.55 bits per heavy atom. The Morgan fingerprint density at radius 1 is 0.828 bits per heavy atom. The van der Waals surface area contributed by atoms with Crippen LogP contribution in [0.2, 0.25) is 65.0 Å². The molecule has 0 spiro atoms. The van der Waals surface area contributed by atoms with Gasteiger partial charge in [-0.3, -0.25) is 9.59 Å². The third kappa shape index (κ3) is 14.3. The minimum absolute atomic E-state index is 0.204. The molecule has 0 amide bonds. The molecule has 0 aromatic heterocycles. The molecule has 1 N–H and O–H groups in total. The van der Waals surface area contributed by atoms with Crippen LogP contribution < -0.4 is 0 Å². The molecule has 0 bridgehead atoms. The fraction of sp³-hybridized carbons (Fsp3) is 0.889. The lowest BCUT2D eigenvalue weighted by Crippen LogP contribution is -2.60. The number of hydrogen-bond acceptors (Lipinski definition) is 6. The minimum atomic E-state index is -2.94. The van der Waals surface area contributed by atoms with E-state index in [0.717, 1.165) is 0 Å². The van der Waals surface area contributed by atoms with Crippen molar-refractivity contribution in [2.45, 2.75) is 91.2 Å². The molecule has 0 aliphatic rings. The van der Waals surface area contributed by atoms with Gasteiger partial charge in [0.05, 0.1) is 18.9 Å². The Labute approximate surface area is 181 Å². The van der Waals surface area contributed by atoms with E-state index in [2.05, 4.69) is 58.9 Å². The smallest absolute Gasteiger partial charge is 0.469 e. The topological polar surface area (TPSA) is 91.3 Å². The molecular weight excluding hydrogens is 441 g/mol. The van der Waals surface area contributed by atoms with Crippen molar-refractivity contribution in [1.29, 1.82) is 0 Å². The summed E-state index contributed by atoms with van der Waals surface area (Å²) < 4.78 is 25.1. The molecule has 29 heavy (non-hydrogen) atoms. The minimum Gasteiger partial charge on any atom is -0.481 e. The molecule has 0 rings (SSSR count). The SMILES string of the molecule is CCC(CC(=O)O)C(=O)OCCC[Si](O[Si](C)(C)C)(O[Si](C)(C)C)O[Si](C)(C)C. The Kier molecular flexibility index (Phi) is 11.2. The third-order valence-corrected chi connectivity index (χ3v) is 15.6. The monoisotopic (exact) mass is 482 g/mol. The van der Waals surface area contributed by atoms with Crippen LogP contribution in [0, 0.1) is 5.92 Å². The van der Waals surface area contributed by atoms with Crippen LogP contribution in [0.5, 0.6) is 0 Å². The molecular formula is C18H42O7Si4. The van der Waals surface area contributed by atoms with Crippen molar-refractivity contribution in [3.05, 3.63) is 0 Å². The summed E-state index contributed by atoms with van der Waals surface area (Å²) in [5, 5.41) is 8.93. The summed E-state index contributed by atoms with van der Waals surface area (Å²) in [7, 11) is -8.73. The number of carbonyl (C=O) groups is 2. The summed E-state index contributed by atoms with van der Waals surface area (Å²) in [6, 6.07) is 0.592. The Hall–Kier alpha value is -0.312. The second-order valence-corrected chi connectivity index (χ2v) is 27.3. The zero-order valence-electron chi connectivity index (χ0n) is 20.0. The Bertz CT molecular complexity index is 495. The maximum Gasteiger partial charge on any atom is 0.469 e. The summed E-state index contributed by atoms with van der Waals surface area (Å²) in [5.41, 5.74) is 0. The van der Waals surface area contributed by atoms with Gasteiger partial charge in [0, 0.05) is 6.04 Å². The zero-order valence-corrected chi connectivity index (χ0v) is 24.0. The number of hydrogen-bond donors (Lipinski definition) is 1. The molecule has 0 saturated carbocycles. The van der Waals surface area contributed by atoms with Gasteiger partial charge in [0.2, 0.25) is 0 Å². The second-order valence-electron chi connectivity index (χ2n) is 10.3. The zero-order chi connectivity index (χ0) is 23.1. The molecule has 0 fully saturated rings.